The maximum Gasteiger partial charge on any atom is 0.238 e. The lowest BCUT2D eigenvalue weighted by Crippen LogP contribution is -2.47. The molecular formula is C19H28N4O5S. The van der Waals surface area contributed by atoms with Crippen molar-refractivity contribution >= 4 is 15.9 Å². The minimum absolute atomic E-state index is 0.0348. The predicted molar refractivity (Wildman–Crippen MR) is 107 cm³/mol. The van der Waals surface area contributed by atoms with Gasteiger partial charge in [0.15, 0.2) is 11.5 Å². The number of hydrogen-bond donors (Lipinski definition) is 3. The third-order valence-corrected chi connectivity index (χ3v) is 7.75. The second kappa shape index (κ2) is 8.47. The fraction of sp³-hybridized carbons (Fsp3) is 0.632. The second-order valence-corrected chi connectivity index (χ2v) is 9.85. The van der Waals surface area contributed by atoms with Gasteiger partial charge < -0.3 is 14.8 Å². The molecule has 3 unspecified atom stereocenters. The molecule has 0 aliphatic carbocycles. The van der Waals surface area contributed by atoms with Crippen LogP contribution in [-0.2, 0) is 14.8 Å². The molecule has 3 N–H and O–H groups in total. The molecule has 2 fully saturated rings. The smallest absolute Gasteiger partial charge is 0.238 e. The van der Waals surface area contributed by atoms with E-state index in [1.165, 1.54) is 0 Å². The van der Waals surface area contributed by atoms with Gasteiger partial charge in [0.1, 0.15) is 6.04 Å². The molecule has 10 heteroatoms. The average Bonchev–Trinajstić information content (AvgIpc) is 3.37. The summed E-state index contributed by atoms with van der Waals surface area (Å²) in [6.07, 6.45) is 3.41. The average molecular weight is 425 g/mol. The largest absolute Gasteiger partial charge is 0.454 e. The molecule has 3 atom stereocenters. The highest BCUT2D eigenvalue weighted by atomic mass is 32.2. The van der Waals surface area contributed by atoms with Crippen LogP contribution in [0.1, 0.15) is 44.2 Å². The zero-order valence-corrected chi connectivity index (χ0v) is 17.3. The van der Waals surface area contributed by atoms with Gasteiger partial charge in [-0.3, -0.25) is 4.79 Å². The van der Waals surface area contributed by atoms with E-state index < -0.39 is 16.1 Å². The summed E-state index contributed by atoms with van der Waals surface area (Å²) in [4.78, 5) is 12.5. The van der Waals surface area contributed by atoms with Gasteiger partial charge in [0.25, 0.3) is 0 Å². The molecule has 3 aliphatic rings. The number of hydrazine groups is 1. The Hall–Kier alpha value is -1.88. The van der Waals surface area contributed by atoms with Crippen LogP contribution in [0, 0.1) is 0 Å². The van der Waals surface area contributed by atoms with E-state index >= 15 is 0 Å². The fourth-order valence-corrected chi connectivity index (χ4v) is 5.76. The van der Waals surface area contributed by atoms with E-state index in [9.17, 15) is 13.2 Å². The lowest BCUT2D eigenvalue weighted by molar-refractivity contribution is -0.122. The summed E-state index contributed by atoms with van der Waals surface area (Å²) in [6.45, 7) is 2.85. The number of fused-ring (bicyclic) bond motifs is 1. The third kappa shape index (κ3) is 4.50. The van der Waals surface area contributed by atoms with Crippen LogP contribution in [0.4, 0.5) is 0 Å². The van der Waals surface area contributed by atoms with E-state index in [4.69, 9.17) is 9.47 Å². The van der Waals surface area contributed by atoms with Gasteiger partial charge in [-0.1, -0.05) is 12.5 Å². The first-order valence-corrected chi connectivity index (χ1v) is 11.7. The van der Waals surface area contributed by atoms with E-state index in [2.05, 4.69) is 16.2 Å². The molecule has 1 aromatic rings. The number of benzene rings is 1. The number of sulfonamides is 1. The highest BCUT2D eigenvalue weighted by Gasteiger charge is 2.32. The van der Waals surface area contributed by atoms with Crippen LogP contribution in [-0.4, -0.2) is 56.3 Å². The number of nitrogens with one attached hydrogen (secondary N) is 3. The van der Waals surface area contributed by atoms with E-state index in [0.717, 1.165) is 30.6 Å². The van der Waals surface area contributed by atoms with Crippen molar-refractivity contribution in [2.24, 2.45) is 0 Å². The molecular weight excluding hydrogens is 396 g/mol. The lowest BCUT2D eigenvalue weighted by atomic mass is 10.0. The standard InChI is InChI=1S/C19H28N4O5S/c1-13-4-2-3-8-23(13)29(25,26)9-7-20-19(24)16-11-15(21-22-16)14-5-6-17-18(10-14)28-12-27-17/h5-6,10,13,15-16,21-22H,2-4,7-9,11-12H2,1H3,(H,20,24). The molecule has 9 nitrogen and oxygen atoms in total. The number of rotatable bonds is 6. The third-order valence-electron chi connectivity index (χ3n) is 5.78. The van der Waals surface area contributed by atoms with Crippen molar-refractivity contribution < 1.29 is 22.7 Å². The lowest BCUT2D eigenvalue weighted by Gasteiger charge is -2.32. The zero-order valence-electron chi connectivity index (χ0n) is 16.5. The molecule has 0 bridgehead atoms. The van der Waals surface area contributed by atoms with Crippen LogP contribution in [0.5, 0.6) is 11.5 Å². The van der Waals surface area contributed by atoms with Gasteiger partial charge in [-0.25, -0.2) is 19.3 Å². The van der Waals surface area contributed by atoms with Gasteiger partial charge >= 0.3 is 0 Å². The number of carbonyl (C=O) groups excluding carboxylic acids is 1. The van der Waals surface area contributed by atoms with E-state index in [-0.39, 0.29) is 37.1 Å². The Morgan fingerprint density at radius 1 is 1.24 bits per heavy atom. The van der Waals surface area contributed by atoms with Gasteiger partial charge in [-0.15, -0.1) is 0 Å². The fourth-order valence-electron chi connectivity index (χ4n) is 4.11. The van der Waals surface area contributed by atoms with Crippen LogP contribution >= 0.6 is 0 Å². The molecule has 0 aromatic heterocycles. The van der Waals surface area contributed by atoms with Gasteiger partial charge in [0, 0.05) is 25.2 Å². The van der Waals surface area contributed by atoms with E-state index in [0.29, 0.717) is 18.7 Å². The van der Waals surface area contributed by atoms with Crippen LogP contribution in [0.15, 0.2) is 18.2 Å². The van der Waals surface area contributed by atoms with E-state index in [1.54, 1.807) is 4.31 Å². The summed E-state index contributed by atoms with van der Waals surface area (Å²) in [5.74, 6) is 1.14. The van der Waals surface area contributed by atoms with Crippen molar-refractivity contribution in [3.8, 4) is 11.5 Å². The Kier molecular flexibility index (Phi) is 5.95. The first-order chi connectivity index (χ1) is 13.9. The van der Waals surface area contributed by atoms with Crippen molar-refractivity contribution in [1.82, 2.24) is 20.5 Å². The van der Waals surface area contributed by atoms with Crippen LogP contribution in [0.3, 0.4) is 0 Å². The number of amides is 1. The maximum absolute atomic E-state index is 12.6. The predicted octanol–water partition coefficient (Wildman–Crippen LogP) is 0.643. The molecule has 4 rings (SSSR count). The normalized spacial score (nSPS) is 27.1. The number of ether oxygens (including phenoxy) is 2. The molecule has 0 spiro atoms. The zero-order chi connectivity index (χ0) is 20.4. The summed E-state index contributed by atoms with van der Waals surface area (Å²) in [5, 5.41) is 2.76. The number of nitrogens with zero attached hydrogens (tertiary/aromatic N) is 1. The Morgan fingerprint density at radius 3 is 2.90 bits per heavy atom. The van der Waals surface area contributed by atoms with E-state index in [1.807, 2.05) is 25.1 Å². The monoisotopic (exact) mass is 424 g/mol. The van der Waals surface area contributed by atoms with Gasteiger partial charge in [-0.05, 0) is 43.9 Å². The van der Waals surface area contributed by atoms with Crippen LogP contribution in [0.25, 0.3) is 0 Å². The van der Waals surface area contributed by atoms with Gasteiger partial charge in [0.05, 0.1) is 5.75 Å². The summed E-state index contributed by atoms with van der Waals surface area (Å²) < 4.78 is 37.4. The van der Waals surface area contributed by atoms with Crippen molar-refractivity contribution in [1.29, 1.82) is 0 Å². The van der Waals surface area contributed by atoms with Crippen molar-refractivity contribution in [2.45, 2.75) is 50.7 Å². The maximum atomic E-state index is 12.6. The van der Waals surface area contributed by atoms with Gasteiger partial charge in [-0.2, -0.15) is 4.31 Å². The molecule has 2 saturated heterocycles. The molecule has 0 saturated carbocycles. The molecule has 3 aliphatic heterocycles. The van der Waals surface area contributed by atoms with Crippen molar-refractivity contribution in [3.05, 3.63) is 23.8 Å². The summed E-state index contributed by atoms with van der Waals surface area (Å²) in [6, 6.07) is 5.28. The van der Waals surface area contributed by atoms with Crippen LogP contribution < -0.4 is 25.6 Å². The number of hydrogen-bond acceptors (Lipinski definition) is 7. The molecule has 0 radical (unpaired) electrons. The highest BCUT2D eigenvalue weighted by molar-refractivity contribution is 7.89. The van der Waals surface area contributed by atoms with Crippen molar-refractivity contribution in [2.75, 3.05) is 25.6 Å². The highest BCUT2D eigenvalue weighted by Crippen LogP contribution is 2.35. The molecule has 1 aromatic carbocycles. The molecule has 3 heterocycles. The summed E-state index contributed by atoms with van der Waals surface area (Å²) in [7, 11) is -3.35. The topological polar surface area (TPSA) is 109 Å². The Morgan fingerprint density at radius 2 is 2.07 bits per heavy atom. The Labute approximate surface area is 171 Å². The summed E-state index contributed by atoms with van der Waals surface area (Å²) >= 11 is 0. The van der Waals surface area contributed by atoms with Crippen molar-refractivity contribution in [3.63, 3.8) is 0 Å². The first-order valence-electron chi connectivity index (χ1n) is 10.1. The SMILES string of the molecule is CC1CCCCN1S(=O)(=O)CCNC(=O)C1CC(c2ccc3c(c2)OCO3)NN1. The van der Waals surface area contributed by atoms with Gasteiger partial charge in [0.2, 0.25) is 22.7 Å². The minimum Gasteiger partial charge on any atom is -0.454 e. The molecule has 29 heavy (non-hydrogen) atoms. The number of piperidine rings is 1. The second-order valence-electron chi connectivity index (χ2n) is 7.80. The first kappa shape index (κ1) is 20.4. The summed E-state index contributed by atoms with van der Waals surface area (Å²) in [5.41, 5.74) is 7.12. The molecule has 1 amide bonds. The molecule has 160 valence electrons. The van der Waals surface area contributed by atoms with Crippen LogP contribution in [0.2, 0.25) is 0 Å². The number of carbonyl (C=O) groups is 1. The quantitative estimate of drug-likeness (QED) is 0.615. The minimum atomic E-state index is -3.35. The Balaban J connectivity index is 1.26. The Bertz CT molecular complexity index is 862.